The molecule has 1 fully saturated rings. The molecule has 23 heavy (non-hydrogen) atoms. The van der Waals surface area contributed by atoms with Gasteiger partial charge in [0.25, 0.3) is 0 Å². The van der Waals surface area contributed by atoms with Crippen molar-refractivity contribution in [2.75, 3.05) is 32.8 Å². The van der Waals surface area contributed by atoms with Gasteiger partial charge in [-0.1, -0.05) is 19.1 Å². The Balaban J connectivity index is 1.71. The summed E-state index contributed by atoms with van der Waals surface area (Å²) in [5, 5.41) is 0. The molecule has 1 heterocycles. The van der Waals surface area contributed by atoms with Gasteiger partial charge in [0, 0.05) is 0 Å². The summed E-state index contributed by atoms with van der Waals surface area (Å²) in [5.41, 5.74) is 1.45. The van der Waals surface area contributed by atoms with Gasteiger partial charge in [0.15, 0.2) is 0 Å². The summed E-state index contributed by atoms with van der Waals surface area (Å²) in [6, 6.07) is 8.72. The highest BCUT2D eigenvalue weighted by Gasteiger charge is 2.25. The van der Waals surface area contributed by atoms with Crippen molar-refractivity contribution >= 4 is 0 Å². The summed E-state index contributed by atoms with van der Waals surface area (Å²) >= 11 is 0. The van der Waals surface area contributed by atoms with Crippen LogP contribution in [0.25, 0.3) is 0 Å². The van der Waals surface area contributed by atoms with Crippen LogP contribution in [0.4, 0.5) is 0 Å². The van der Waals surface area contributed by atoms with E-state index in [1.807, 2.05) is 0 Å². The van der Waals surface area contributed by atoms with Crippen LogP contribution in [0.1, 0.15) is 64.4 Å². The molecular formula is C21H36NO+. The lowest BCUT2D eigenvalue weighted by Crippen LogP contribution is -2.49. The molecule has 2 nitrogen and oxygen atoms in total. The van der Waals surface area contributed by atoms with Crippen LogP contribution in [0, 0.1) is 0 Å². The molecule has 1 aliphatic heterocycles. The fourth-order valence-corrected chi connectivity index (χ4v) is 3.81. The molecule has 0 atom stereocenters. The van der Waals surface area contributed by atoms with Crippen molar-refractivity contribution in [3.63, 3.8) is 0 Å². The van der Waals surface area contributed by atoms with Crippen LogP contribution in [-0.4, -0.2) is 37.3 Å². The Morgan fingerprint density at radius 2 is 1.61 bits per heavy atom. The quantitative estimate of drug-likeness (QED) is 0.449. The smallest absolute Gasteiger partial charge is 0.119 e. The number of hydrogen-bond donors (Lipinski definition) is 0. The second kappa shape index (κ2) is 9.97. The molecule has 0 N–H and O–H groups in total. The summed E-state index contributed by atoms with van der Waals surface area (Å²) in [5.74, 6) is 1.01. The van der Waals surface area contributed by atoms with E-state index in [4.69, 9.17) is 4.74 Å². The molecular weight excluding hydrogens is 282 g/mol. The van der Waals surface area contributed by atoms with Crippen LogP contribution in [0.2, 0.25) is 0 Å². The highest BCUT2D eigenvalue weighted by atomic mass is 16.5. The zero-order valence-corrected chi connectivity index (χ0v) is 15.4. The van der Waals surface area contributed by atoms with E-state index in [1.54, 1.807) is 0 Å². The minimum Gasteiger partial charge on any atom is -0.494 e. The molecule has 2 rings (SSSR count). The molecule has 2 heteroatoms. The van der Waals surface area contributed by atoms with Crippen molar-refractivity contribution in [1.82, 2.24) is 0 Å². The average molecular weight is 319 g/mol. The number of hydrogen-bond acceptors (Lipinski definition) is 1. The van der Waals surface area contributed by atoms with Gasteiger partial charge in [0.05, 0.1) is 32.8 Å². The topological polar surface area (TPSA) is 9.23 Å². The van der Waals surface area contributed by atoms with E-state index in [0.717, 1.165) is 18.8 Å². The van der Waals surface area contributed by atoms with E-state index < -0.39 is 0 Å². The summed E-state index contributed by atoms with van der Waals surface area (Å²) in [7, 11) is 0. The number of ether oxygens (including phenoxy) is 1. The van der Waals surface area contributed by atoms with E-state index in [1.165, 1.54) is 81.2 Å². The molecule has 0 spiro atoms. The number of benzene rings is 1. The van der Waals surface area contributed by atoms with Crippen LogP contribution in [0.3, 0.4) is 0 Å². The van der Waals surface area contributed by atoms with Crippen LogP contribution in [0.5, 0.6) is 5.75 Å². The van der Waals surface area contributed by atoms with Crippen molar-refractivity contribution in [3.05, 3.63) is 29.8 Å². The molecule has 1 saturated heterocycles. The number of quaternary nitrogens is 1. The van der Waals surface area contributed by atoms with Crippen LogP contribution in [-0.2, 0) is 6.42 Å². The van der Waals surface area contributed by atoms with Gasteiger partial charge in [-0.05, 0) is 76.0 Å². The van der Waals surface area contributed by atoms with Crippen LogP contribution in [0.15, 0.2) is 24.3 Å². The normalized spacial score (nSPS) is 17.7. The van der Waals surface area contributed by atoms with Crippen LogP contribution >= 0.6 is 0 Å². The molecule has 0 saturated carbocycles. The van der Waals surface area contributed by atoms with Crippen molar-refractivity contribution in [2.24, 2.45) is 0 Å². The largest absolute Gasteiger partial charge is 0.494 e. The SMILES string of the molecule is CCCOc1ccc(CCCC[N+]2(CC)CCCCCC2)cc1. The maximum Gasteiger partial charge on any atom is 0.119 e. The molecule has 0 unspecified atom stereocenters. The summed E-state index contributed by atoms with van der Waals surface area (Å²) < 4.78 is 7.03. The molecule has 1 aromatic rings. The number of nitrogens with zero attached hydrogens (tertiary/aromatic N) is 1. The lowest BCUT2D eigenvalue weighted by atomic mass is 10.1. The molecule has 1 aliphatic rings. The first-order chi connectivity index (χ1) is 11.3. The van der Waals surface area contributed by atoms with Gasteiger partial charge >= 0.3 is 0 Å². The van der Waals surface area contributed by atoms with Crippen molar-refractivity contribution in [1.29, 1.82) is 0 Å². The van der Waals surface area contributed by atoms with Gasteiger partial charge < -0.3 is 9.22 Å². The lowest BCUT2D eigenvalue weighted by molar-refractivity contribution is -0.926. The summed E-state index contributed by atoms with van der Waals surface area (Å²) in [4.78, 5) is 0. The molecule has 0 radical (unpaired) electrons. The standard InChI is InChI=1S/C21H36NO/c1-3-19-23-21-14-12-20(13-15-21)11-7-10-18-22(4-2)16-8-5-6-9-17-22/h12-15H,3-11,16-19H2,1-2H3/q+1. The van der Waals surface area contributed by atoms with E-state index in [9.17, 15) is 0 Å². The Bertz CT molecular complexity index is 418. The number of rotatable bonds is 9. The zero-order valence-electron chi connectivity index (χ0n) is 15.4. The highest BCUT2D eigenvalue weighted by molar-refractivity contribution is 5.27. The van der Waals surface area contributed by atoms with Gasteiger partial charge in [-0.3, -0.25) is 0 Å². The minimum atomic E-state index is 0.816. The van der Waals surface area contributed by atoms with Gasteiger partial charge in [-0.2, -0.15) is 0 Å². The molecule has 0 amide bonds. The summed E-state index contributed by atoms with van der Waals surface area (Å²) in [6.45, 7) is 10.9. The van der Waals surface area contributed by atoms with E-state index in [2.05, 4.69) is 38.1 Å². The van der Waals surface area contributed by atoms with Crippen molar-refractivity contribution < 1.29 is 9.22 Å². The predicted octanol–water partition coefficient (Wildman–Crippen LogP) is 5.21. The first kappa shape index (κ1) is 18.3. The fraction of sp³-hybridized carbons (Fsp3) is 0.714. The first-order valence-electron chi connectivity index (χ1n) is 9.85. The second-order valence-corrected chi connectivity index (χ2v) is 7.19. The molecule has 1 aromatic carbocycles. The molecule has 0 bridgehead atoms. The van der Waals surface area contributed by atoms with Gasteiger partial charge in [0.2, 0.25) is 0 Å². The Morgan fingerprint density at radius 1 is 0.913 bits per heavy atom. The fourth-order valence-electron chi connectivity index (χ4n) is 3.81. The third-order valence-electron chi connectivity index (χ3n) is 5.43. The third kappa shape index (κ3) is 6.18. The van der Waals surface area contributed by atoms with Gasteiger partial charge in [-0.15, -0.1) is 0 Å². The zero-order chi connectivity index (χ0) is 16.4. The minimum absolute atomic E-state index is 0.816. The molecule has 0 aromatic heterocycles. The number of aryl methyl sites for hydroxylation is 1. The number of likely N-dealkylation sites (tertiary alicyclic amines) is 1. The Morgan fingerprint density at radius 3 is 2.22 bits per heavy atom. The van der Waals surface area contributed by atoms with Gasteiger partial charge in [0.1, 0.15) is 5.75 Å². The van der Waals surface area contributed by atoms with E-state index in [0.29, 0.717) is 0 Å². The third-order valence-corrected chi connectivity index (χ3v) is 5.43. The second-order valence-electron chi connectivity index (χ2n) is 7.19. The number of unbranched alkanes of at least 4 members (excludes halogenated alkanes) is 1. The lowest BCUT2D eigenvalue weighted by Gasteiger charge is -2.37. The summed E-state index contributed by atoms with van der Waals surface area (Å²) in [6.07, 6.45) is 10.7. The van der Waals surface area contributed by atoms with Crippen molar-refractivity contribution in [2.45, 2.75) is 65.2 Å². The monoisotopic (exact) mass is 318 g/mol. The first-order valence-corrected chi connectivity index (χ1v) is 9.85. The Hall–Kier alpha value is -1.02. The average Bonchev–Trinajstić information content (AvgIpc) is 2.84. The maximum absolute atomic E-state index is 5.65. The predicted molar refractivity (Wildman–Crippen MR) is 99.0 cm³/mol. The van der Waals surface area contributed by atoms with Gasteiger partial charge in [-0.25, -0.2) is 0 Å². The Labute approximate surface area is 143 Å². The van der Waals surface area contributed by atoms with Crippen LogP contribution < -0.4 is 4.74 Å². The van der Waals surface area contributed by atoms with Crippen molar-refractivity contribution in [3.8, 4) is 5.75 Å². The molecule has 0 aliphatic carbocycles. The molecule has 130 valence electrons. The maximum atomic E-state index is 5.65. The van der Waals surface area contributed by atoms with E-state index >= 15 is 0 Å². The van der Waals surface area contributed by atoms with E-state index in [-0.39, 0.29) is 0 Å². The Kier molecular flexibility index (Phi) is 7.94. The highest BCUT2D eigenvalue weighted by Crippen LogP contribution is 2.20.